The third-order valence-corrected chi connectivity index (χ3v) is 12.8. The standard InChI is InChI=1S/C35H34ClN3O3.C24H31N3O2/c1-4-32(38(23-22-25-12-6-5-7-13-25)34(40)28-14-8-10-16-30(28)36)33-37-31-17-11-9-15-29(31)35(41)39(33)26-18-20-27(21-19-26)42-24(2)3;1-24(2,3)19-14-12-18(13-15-19)17-27(21-11-7-8-16-25-22(21)28)23(29)26-20-9-5-4-6-10-20/h5-21,24,32H,4,22-23H2,1-3H3;4-6,9-10,12-15,21H,7-8,11,16-17H2,1-3H3,(H,25,28)(H,26,29). The summed E-state index contributed by atoms with van der Waals surface area (Å²) in [6.45, 7) is 13.9. The molecule has 0 bridgehead atoms. The molecule has 0 aliphatic carbocycles. The molecule has 1 aromatic heterocycles. The van der Waals surface area contributed by atoms with Gasteiger partial charge in [0.2, 0.25) is 5.91 Å². The average Bonchev–Trinajstić information content (AvgIpc) is 3.59. The van der Waals surface area contributed by atoms with E-state index in [4.69, 9.17) is 21.3 Å². The van der Waals surface area contributed by atoms with E-state index in [0.29, 0.717) is 77.6 Å². The first-order valence-electron chi connectivity index (χ1n) is 24.6. The monoisotopic (exact) mass is 972 g/mol. The predicted octanol–water partition coefficient (Wildman–Crippen LogP) is 12.3. The van der Waals surface area contributed by atoms with Gasteiger partial charge in [-0.2, -0.15) is 0 Å². The number of para-hydroxylation sites is 2. The van der Waals surface area contributed by atoms with Crippen molar-refractivity contribution in [3.05, 3.63) is 201 Å². The molecular formula is C59H65ClN6O5. The molecule has 11 nitrogen and oxygen atoms in total. The van der Waals surface area contributed by atoms with Gasteiger partial charge in [0.15, 0.2) is 0 Å². The van der Waals surface area contributed by atoms with E-state index in [-0.39, 0.29) is 34.9 Å². The minimum absolute atomic E-state index is 0.0231. The molecule has 2 unspecified atom stereocenters. The average molecular weight is 974 g/mol. The van der Waals surface area contributed by atoms with Gasteiger partial charge in [-0.3, -0.25) is 19.0 Å². The number of carbonyl (C=O) groups excluding carboxylic acids is 3. The highest BCUT2D eigenvalue weighted by Gasteiger charge is 2.32. The molecule has 4 amide bonds. The Hall–Kier alpha value is -7.24. The van der Waals surface area contributed by atoms with Crippen molar-refractivity contribution in [1.82, 2.24) is 24.7 Å². The Morgan fingerprint density at radius 3 is 2.11 bits per heavy atom. The number of hydrogen-bond acceptors (Lipinski definition) is 6. The molecular weight excluding hydrogens is 908 g/mol. The zero-order chi connectivity index (χ0) is 50.5. The summed E-state index contributed by atoms with van der Waals surface area (Å²) in [6, 6.07) is 48.3. The fourth-order valence-electron chi connectivity index (χ4n) is 8.76. The number of benzene rings is 6. The summed E-state index contributed by atoms with van der Waals surface area (Å²) in [7, 11) is 0. The minimum atomic E-state index is -0.513. The summed E-state index contributed by atoms with van der Waals surface area (Å²) in [5.74, 6) is 0.921. The van der Waals surface area contributed by atoms with Gasteiger partial charge in [0.25, 0.3) is 11.5 Å². The number of anilines is 1. The van der Waals surface area contributed by atoms with Crippen LogP contribution in [0.1, 0.15) is 106 Å². The van der Waals surface area contributed by atoms with Crippen LogP contribution in [0.15, 0.2) is 163 Å². The predicted molar refractivity (Wildman–Crippen MR) is 286 cm³/mol. The lowest BCUT2D eigenvalue weighted by Gasteiger charge is -2.33. The largest absolute Gasteiger partial charge is 0.491 e. The van der Waals surface area contributed by atoms with Gasteiger partial charge < -0.3 is 25.2 Å². The van der Waals surface area contributed by atoms with Crippen molar-refractivity contribution in [2.75, 3.05) is 18.4 Å². The Bertz CT molecular complexity index is 2940. The Kier molecular flexibility index (Phi) is 17.5. The lowest BCUT2D eigenvalue weighted by atomic mass is 9.86. The van der Waals surface area contributed by atoms with Gasteiger partial charge >= 0.3 is 6.03 Å². The van der Waals surface area contributed by atoms with Crippen LogP contribution in [0.25, 0.3) is 16.6 Å². The van der Waals surface area contributed by atoms with Crippen molar-refractivity contribution < 1.29 is 19.1 Å². The van der Waals surface area contributed by atoms with Gasteiger partial charge in [-0.15, -0.1) is 0 Å². The van der Waals surface area contributed by atoms with Crippen LogP contribution >= 0.6 is 11.6 Å². The third-order valence-electron chi connectivity index (χ3n) is 12.5. The maximum Gasteiger partial charge on any atom is 0.322 e. The van der Waals surface area contributed by atoms with E-state index in [9.17, 15) is 19.2 Å². The van der Waals surface area contributed by atoms with Crippen molar-refractivity contribution in [1.29, 1.82) is 0 Å². The molecule has 1 fully saturated rings. The molecule has 0 saturated carbocycles. The zero-order valence-corrected chi connectivity index (χ0v) is 42.4. The maximum absolute atomic E-state index is 14.2. The van der Waals surface area contributed by atoms with E-state index in [2.05, 4.69) is 55.7 Å². The van der Waals surface area contributed by atoms with Crippen LogP contribution in [0.4, 0.5) is 10.5 Å². The molecule has 7 aromatic rings. The Labute approximate surface area is 422 Å². The summed E-state index contributed by atoms with van der Waals surface area (Å²) >= 11 is 6.53. The number of aromatic nitrogens is 2. The van der Waals surface area contributed by atoms with E-state index < -0.39 is 12.1 Å². The fraction of sp³-hybridized carbons (Fsp3) is 0.305. The molecule has 8 rings (SSSR count). The van der Waals surface area contributed by atoms with Crippen LogP contribution in [-0.4, -0.2) is 62.4 Å². The number of fused-ring (bicyclic) bond motifs is 1. The second-order valence-electron chi connectivity index (χ2n) is 19.1. The quantitative estimate of drug-likeness (QED) is 0.112. The fourth-order valence-corrected chi connectivity index (χ4v) is 8.98. The summed E-state index contributed by atoms with van der Waals surface area (Å²) in [5.41, 5.74) is 5.61. The first kappa shape index (κ1) is 51.6. The summed E-state index contributed by atoms with van der Waals surface area (Å²) in [4.78, 5) is 62.6. The van der Waals surface area contributed by atoms with Crippen molar-refractivity contribution in [2.45, 2.75) is 104 Å². The molecule has 368 valence electrons. The van der Waals surface area contributed by atoms with Gasteiger partial charge in [-0.1, -0.05) is 136 Å². The van der Waals surface area contributed by atoms with E-state index in [1.54, 1.807) is 44.7 Å². The summed E-state index contributed by atoms with van der Waals surface area (Å²) in [6.07, 6.45) is 3.72. The van der Waals surface area contributed by atoms with E-state index in [1.165, 1.54) is 5.56 Å². The third kappa shape index (κ3) is 13.3. The molecule has 2 heterocycles. The Morgan fingerprint density at radius 1 is 0.803 bits per heavy atom. The van der Waals surface area contributed by atoms with Gasteiger partial charge in [0, 0.05) is 25.3 Å². The number of amides is 4. The van der Waals surface area contributed by atoms with Crippen molar-refractivity contribution in [3.8, 4) is 11.4 Å². The second kappa shape index (κ2) is 24.1. The number of nitrogens with one attached hydrogen (secondary N) is 2. The van der Waals surface area contributed by atoms with Crippen LogP contribution in [0.3, 0.4) is 0 Å². The Balaban J connectivity index is 0.000000224. The number of nitrogens with zero attached hydrogens (tertiary/aromatic N) is 4. The van der Waals surface area contributed by atoms with Gasteiger partial charge in [0.1, 0.15) is 17.6 Å². The molecule has 0 spiro atoms. The lowest BCUT2D eigenvalue weighted by Crippen LogP contribution is -2.49. The highest BCUT2D eigenvalue weighted by molar-refractivity contribution is 6.33. The minimum Gasteiger partial charge on any atom is -0.491 e. The van der Waals surface area contributed by atoms with Gasteiger partial charge in [0.05, 0.1) is 39.3 Å². The number of hydrogen-bond donors (Lipinski definition) is 2. The van der Waals surface area contributed by atoms with E-state index in [1.807, 2.05) is 124 Å². The molecule has 2 atom stereocenters. The second-order valence-corrected chi connectivity index (χ2v) is 19.5. The van der Waals surface area contributed by atoms with Crippen molar-refractivity contribution >= 4 is 46.0 Å². The number of carbonyl (C=O) groups is 3. The highest BCUT2D eigenvalue weighted by Crippen LogP contribution is 2.31. The molecule has 0 radical (unpaired) electrons. The first-order valence-corrected chi connectivity index (χ1v) is 25.0. The van der Waals surface area contributed by atoms with Crippen LogP contribution in [0.2, 0.25) is 5.02 Å². The Morgan fingerprint density at radius 2 is 1.45 bits per heavy atom. The van der Waals surface area contributed by atoms with Gasteiger partial charge in [-0.05, 0) is 129 Å². The summed E-state index contributed by atoms with van der Waals surface area (Å²) in [5, 5.41) is 6.78. The molecule has 1 aliphatic rings. The highest BCUT2D eigenvalue weighted by atomic mass is 35.5. The van der Waals surface area contributed by atoms with Crippen molar-refractivity contribution in [2.24, 2.45) is 0 Å². The van der Waals surface area contributed by atoms with Gasteiger partial charge in [-0.25, -0.2) is 9.78 Å². The first-order chi connectivity index (χ1) is 34.2. The smallest absolute Gasteiger partial charge is 0.322 e. The molecule has 1 saturated heterocycles. The number of urea groups is 1. The van der Waals surface area contributed by atoms with Crippen LogP contribution in [-0.2, 0) is 23.2 Å². The molecule has 6 aromatic carbocycles. The maximum atomic E-state index is 14.2. The molecule has 2 N–H and O–H groups in total. The van der Waals surface area contributed by atoms with E-state index in [0.717, 1.165) is 29.7 Å². The zero-order valence-electron chi connectivity index (χ0n) is 41.6. The molecule has 12 heteroatoms. The normalized spacial score (nSPS) is 14.1. The number of ether oxygens (including phenoxy) is 1. The number of halogens is 1. The topological polar surface area (TPSA) is 126 Å². The van der Waals surface area contributed by atoms with Crippen LogP contribution in [0.5, 0.6) is 5.75 Å². The molecule has 1 aliphatic heterocycles. The number of rotatable bonds is 14. The van der Waals surface area contributed by atoms with Crippen LogP contribution in [0, 0.1) is 0 Å². The lowest BCUT2D eigenvalue weighted by molar-refractivity contribution is -0.125. The van der Waals surface area contributed by atoms with E-state index >= 15 is 0 Å². The van der Waals surface area contributed by atoms with Crippen molar-refractivity contribution in [3.63, 3.8) is 0 Å². The summed E-state index contributed by atoms with van der Waals surface area (Å²) < 4.78 is 7.47. The molecule has 71 heavy (non-hydrogen) atoms. The van der Waals surface area contributed by atoms with Crippen LogP contribution < -0.4 is 20.9 Å². The SMILES string of the molecule is CC(C)(C)c1ccc(CN(C(=O)Nc2ccccc2)C2CCCCNC2=O)cc1.CCC(c1nc2ccccc2c(=O)n1-c1ccc(OC(C)C)cc1)N(CCc1ccccc1)C(=O)c1ccccc1Cl.